The fraction of sp³-hybridized carbons (Fsp3) is 0.571. The monoisotopic (exact) mass is 543 g/mol. The fourth-order valence-corrected chi connectivity index (χ4v) is 7.08. The number of ketones is 2. The minimum Gasteiger partial charge on any atom is -0.511 e. The highest BCUT2D eigenvalue weighted by Gasteiger charge is 2.62. The number of nitrogens with two attached hydrogens (primary N) is 1. The van der Waals surface area contributed by atoms with Crippen LogP contribution < -0.4 is 5.73 Å². The van der Waals surface area contributed by atoms with Crippen LogP contribution in [0.3, 0.4) is 0 Å². The summed E-state index contributed by atoms with van der Waals surface area (Å²) < 4.78 is 5.15. The normalized spacial score (nSPS) is 34.4. The summed E-state index contributed by atoms with van der Waals surface area (Å²) in [6, 6.07) is -0.833. The van der Waals surface area contributed by atoms with E-state index in [0.717, 1.165) is 0 Å². The average Bonchev–Trinajstić information content (AvgIpc) is 2.83. The van der Waals surface area contributed by atoms with Crippen molar-refractivity contribution in [3.05, 3.63) is 45.6 Å². The van der Waals surface area contributed by atoms with E-state index in [2.05, 4.69) is 0 Å². The SMILES string of the molecule is CCOC(=O)C1=CC(N(C)C)=C2CC3C(=C(O)C2(C)C1O)C(=O)C1C(=O)C(C(N)=O)=C(O)C(N(C)C)C1C3C. The van der Waals surface area contributed by atoms with Crippen molar-refractivity contribution < 1.29 is 39.2 Å². The number of likely N-dealkylation sites (N-methyl/N-ethyl adjacent to an activating group) is 2. The Kier molecular flexibility index (Phi) is 7.06. The highest BCUT2D eigenvalue weighted by molar-refractivity contribution is 6.28. The molecule has 0 aromatic carbocycles. The quantitative estimate of drug-likeness (QED) is 0.221. The van der Waals surface area contributed by atoms with E-state index in [9.17, 15) is 34.5 Å². The highest BCUT2D eigenvalue weighted by Crippen LogP contribution is 2.59. The lowest BCUT2D eigenvalue weighted by atomic mass is 9.51. The van der Waals surface area contributed by atoms with Crippen molar-refractivity contribution in [3.63, 3.8) is 0 Å². The predicted molar refractivity (Wildman–Crippen MR) is 140 cm³/mol. The van der Waals surface area contributed by atoms with E-state index in [1.807, 2.05) is 6.92 Å². The van der Waals surface area contributed by atoms with Gasteiger partial charge in [-0.15, -0.1) is 0 Å². The lowest BCUT2D eigenvalue weighted by molar-refractivity contribution is -0.140. The first-order valence-corrected chi connectivity index (χ1v) is 13.0. The zero-order valence-corrected chi connectivity index (χ0v) is 23.3. The Hall–Kier alpha value is -3.44. The first kappa shape index (κ1) is 28.6. The molecule has 0 heterocycles. The molecule has 0 aromatic rings. The van der Waals surface area contributed by atoms with Gasteiger partial charge in [-0.2, -0.15) is 0 Å². The number of Topliss-reactive ketones (excluding diaryl/α,β-unsaturated/α-hetero) is 2. The minimum atomic E-state index is -1.55. The van der Waals surface area contributed by atoms with Gasteiger partial charge in [-0.05, 0) is 57.8 Å². The van der Waals surface area contributed by atoms with Crippen LogP contribution in [0.5, 0.6) is 0 Å². The number of amides is 1. The van der Waals surface area contributed by atoms with Gasteiger partial charge in [0.15, 0.2) is 11.6 Å². The second-order valence-corrected chi connectivity index (χ2v) is 11.4. The molecule has 1 fully saturated rings. The number of aliphatic hydroxyl groups is 3. The molecule has 4 aliphatic carbocycles. The van der Waals surface area contributed by atoms with Crippen LogP contribution in [0.15, 0.2) is 45.6 Å². The number of rotatable bonds is 5. The van der Waals surface area contributed by atoms with E-state index in [1.165, 1.54) is 0 Å². The van der Waals surface area contributed by atoms with Crippen molar-refractivity contribution in [2.75, 3.05) is 34.8 Å². The molecule has 0 saturated heterocycles. The summed E-state index contributed by atoms with van der Waals surface area (Å²) in [5.74, 6) is -7.32. The van der Waals surface area contributed by atoms with Crippen molar-refractivity contribution in [1.82, 2.24) is 9.80 Å². The molecule has 4 aliphatic rings. The van der Waals surface area contributed by atoms with Gasteiger partial charge in [0.2, 0.25) is 0 Å². The second-order valence-electron chi connectivity index (χ2n) is 11.4. The molecule has 7 atom stereocenters. The van der Waals surface area contributed by atoms with E-state index in [1.54, 1.807) is 57.9 Å². The number of hydrogen-bond acceptors (Lipinski definition) is 10. The van der Waals surface area contributed by atoms with Gasteiger partial charge in [0.05, 0.1) is 29.6 Å². The Bertz CT molecular complexity index is 1290. The molecule has 39 heavy (non-hydrogen) atoms. The third-order valence-corrected chi connectivity index (χ3v) is 9.01. The van der Waals surface area contributed by atoms with Crippen LogP contribution in [0.1, 0.15) is 27.2 Å². The number of primary amides is 1. The van der Waals surface area contributed by atoms with E-state index in [-0.39, 0.29) is 24.2 Å². The summed E-state index contributed by atoms with van der Waals surface area (Å²) in [4.78, 5) is 56.0. The van der Waals surface area contributed by atoms with Crippen molar-refractivity contribution >= 4 is 23.4 Å². The lowest BCUT2D eigenvalue weighted by Gasteiger charge is -2.54. The third kappa shape index (κ3) is 3.85. The van der Waals surface area contributed by atoms with Crippen LogP contribution in [0, 0.1) is 29.1 Å². The average molecular weight is 544 g/mol. The van der Waals surface area contributed by atoms with Gasteiger partial charge in [-0.1, -0.05) is 6.92 Å². The Labute approximate surface area is 227 Å². The van der Waals surface area contributed by atoms with Crippen molar-refractivity contribution in [2.24, 2.45) is 34.8 Å². The van der Waals surface area contributed by atoms with Gasteiger partial charge < -0.3 is 30.7 Å². The van der Waals surface area contributed by atoms with E-state index in [0.29, 0.717) is 11.3 Å². The number of fused-ring (bicyclic) bond motifs is 3. The van der Waals surface area contributed by atoms with Crippen LogP contribution in [-0.2, 0) is 23.9 Å². The van der Waals surface area contributed by atoms with Crippen molar-refractivity contribution in [3.8, 4) is 0 Å². The predicted octanol–water partition coefficient (Wildman–Crippen LogP) is 0.766. The van der Waals surface area contributed by atoms with Crippen LogP contribution in [0.2, 0.25) is 0 Å². The summed E-state index contributed by atoms with van der Waals surface area (Å²) in [5, 5.41) is 34.3. The zero-order chi connectivity index (χ0) is 29.3. The van der Waals surface area contributed by atoms with Crippen LogP contribution in [0.25, 0.3) is 0 Å². The molecule has 1 saturated carbocycles. The maximum absolute atomic E-state index is 14.1. The molecule has 11 heteroatoms. The van der Waals surface area contributed by atoms with Crippen LogP contribution >= 0.6 is 0 Å². The molecule has 0 radical (unpaired) electrons. The molecule has 1 amide bonds. The number of hydrogen-bond donors (Lipinski definition) is 4. The molecular weight excluding hydrogens is 506 g/mol. The molecule has 4 rings (SSSR count). The Morgan fingerprint density at radius 1 is 1.15 bits per heavy atom. The second kappa shape index (κ2) is 9.63. The summed E-state index contributed by atoms with van der Waals surface area (Å²) in [5.41, 5.74) is 4.46. The van der Waals surface area contributed by atoms with Gasteiger partial charge >= 0.3 is 5.97 Å². The molecule has 0 aliphatic heterocycles. The first-order valence-electron chi connectivity index (χ1n) is 13.0. The van der Waals surface area contributed by atoms with E-state index in [4.69, 9.17) is 10.5 Å². The first-order chi connectivity index (χ1) is 18.1. The molecule has 212 valence electrons. The van der Waals surface area contributed by atoms with E-state index >= 15 is 0 Å². The van der Waals surface area contributed by atoms with Gasteiger partial charge in [-0.3, -0.25) is 19.3 Å². The zero-order valence-electron chi connectivity index (χ0n) is 23.3. The van der Waals surface area contributed by atoms with Crippen LogP contribution in [-0.4, -0.2) is 95.5 Å². The molecule has 7 unspecified atom stereocenters. The molecule has 0 aromatic heterocycles. The van der Waals surface area contributed by atoms with Crippen molar-refractivity contribution in [1.29, 1.82) is 0 Å². The molecule has 0 bridgehead atoms. The fourth-order valence-electron chi connectivity index (χ4n) is 7.08. The maximum atomic E-state index is 14.1. The lowest BCUT2D eigenvalue weighted by Crippen LogP contribution is -2.60. The molecule has 5 N–H and O–H groups in total. The molecule has 11 nitrogen and oxygen atoms in total. The molecule has 0 spiro atoms. The summed E-state index contributed by atoms with van der Waals surface area (Å²) >= 11 is 0. The standard InChI is InChI=1S/C28H37N3O8/c1-8-39-27(38)13-10-15(30(4)5)14-9-12-11(2)16-18(21(32)17(12)25(36)28(14,3)24(13)35)22(33)19(26(29)37)23(34)20(16)31(6)7/h10-12,16,18,20,24,34-36H,8-9H2,1-7H3,(H2,29,37). The number of ether oxygens (including phenoxy) is 1. The summed E-state index contributed by atoms with van der Waals surface area (Å²) in [6.07, 6.45) is 0.285. The van der Waals surface area contributed by atoms with Crippen molar-refractivity contribution in [2.45, 2.75) is 39.3 Å². The number of carbonyl (C=O) groups is 4. The van der Waals surface area contributed by atoms with Gasteiger partial charge in [-0.25, -0.2) is 4.79 Å². The number of carbonyl (C=O) groups excluding carboxylic acids is 4. The Morgan fingerprint density at radius 2 is 1.77 bits per heavy atom. The van der Waals surface area contributed by atoms with Gasteiger partial charge in [0.1, 0.15) is 23.2 Å². The Morgan fingerprint density at radius 3 is 2.28 bits per heavy atom. The summed E-state index contributed by atoms with van der Waals surface area (Å²) in [6.45, 7) is 5.14. The number of esters is 1. The number of nitrogens with zero attached hydrogens (tertiary/aromatic N) is 2. The van der Waals surface area contributed by atoms with E-state index < -0.39 is 81.8 Å². The number of allylic oxidation sites excluding steroid dienone is 2. The highest BCUT2D eigenvalue weighted by atomic mass is 16.5. The summed E-state index contributed by atoms with van der Waals surface area (Å²) in [7, 11) is 6.90. The topological polar surface area (TPSA) is 171 Å². The third-order valence-electron chi connectivity index (χ3n) is 9.01. The Balaban J connectivity index is 1.97. The smallest absolute Gasteiger partial charge is 0.336 e. The molecular formula is C28H37N3O8. The number of aliphatic hydroxyl groups excluding tert-OH is 3. The minimum absolute atomic E-state index is 0.00617. The van der Waals surface area contributed by atoms with Crippen LogP contribution in [0.4, 0.5) is 0 Å². The maximum Gasteiger partial charge on any atom is 0.336 e. The largest absolute Gasteiger partial charge is 0.511 e. The van der Waals surface area contributed by atoms with Gasteiger partial charge in [0, 0.05) is 31.3 Å². The van der Waals surface area contributed by atoms with Gasteiger partial charge in [0.25, 0.3) is 5.91 Å².